The van der Waals surface area contributed by atoms with Gasteiger partial charge >= 0.3 is 0 Å². The predicted octanol–water partition coefficient (Wildman–Crippen LogP) is 5.62. The number of hydrogen-bond acceptors (Lipinski definition) is 6. The Morgan fingerprint density at radius 2 is 1.94 bits per heavy atom. The van der Waals surface area contributed by atoms with Crippen molar-refractivity contribution in [1.29, 1.82) is 0 Å². The van der Waals surface area contributed by atoms with Crippen LogP contribution >= 0.6 is 23.4 Å². The Balaban J connectivity index is 1.59. The van der Waals surface area contributed by atoms with Crippen LogP contribution in [0, 0.1) is 5.41 Å². The summed E-state index contributed by atoms with van der Waals surface area (Å²) in [7, 11) is 0. The number of anilines is 1. The number of fused-ring (bicyclic) bond motifs is 1. The first-order valence-electron chi connectivity index (χ1n) is 11.0. The molecule has 174 valence electrons. The Labute approximate surface area is 206 Å². The molecule has 0 bridgehead atoms. The van der Waals surface area contributed by atoms with Crippen LogP contribution in [0.3, 0.4) is 0 Å². The first-order valence-corrected chi connectivity index (χ1v) is 12.4. The first-order chi connectivity index (χ1) is 16.2. The first kappa shape index (κ1) is 22.7. The Morgan fingerprint density at radius 3 is 2.71 bits per heavy atom. The zero-order valence-corrected chi connectivity index (χ0v) is 20.4. The predicted molar refractivity (Wildman–Crippen MR) is 134 cm³/mol. The average molecular weight is 494 g/mol. The van der Waals surface area contributed by atoms with Crippen LogP contribution < -0.4 is 10.9 Å². The fourth-order valence-electron chi connectivity index (χ4n) is 4.76. The third kappa shape index (κ3) is 4.26. The smallest absolute Gasteiger partial charge is 0.257 e. The number of halogens is 1. The summed E-state index contributed by atoms with van der Waals surface area (Å²) in [6.07, 6.45) is 1.06. The van der Waals surface area contributed by atoms with Crippen molar-refractivity contribution in [3.05, 3.63) is 91.9 Å². The maximum atomic E-state index is 13.4. The van der Waals surface area contributed by atoms with Crippen LogP contribution in [0.5, 0.6) is 5.75 Å². The fraction of sp³-hybridized carbons (Fsp3) is 0.269. The number of ketones is 1. The molecule has 0 unspecified atom stereocenters. The number of thioether (sulfide) groups is 1. The molecule has 34 heavy (non-hydrogen) atoms. The average Bonchev–Trinajstić information content (AvgIpc) is 2.76. The second-order valence-electron chi connectivity index (χ2n) is 9.50. The molecule has 1 atom stereocenters. The summed E-state index contributed by atoms with van der Waals surface area (Å²) in [6, 6.07) is 14.3. The Bertz CT molecular complexity index is 1400. The van der Waals surface area contributed by atoms with E-state index in [1.807, 2.05) is 30.3 Å². The van der Waals surface area contributed by atoms with Crippen molar-refractivity contribution in [1.82, 2.24) is 9.97 Å². The Kier molecular flexibility index (Phi) is 5.78. The van der Waals surface area contributed by atoms with Crippen LogP contribution in [0.15, 0.2) is 69.8 Å². The van der Waals surface area contributed by atoms with E-state index < -0.39 is 5.92 Å². The van der Waals surface area contributed by atoms with Gasteiger partial charge in [0.05, 0.1) is 5.56 Å². The summed E-state index contributed by atoms with van der Waals surface area (Å²) in [5, 5.41) is 14.6. The molecular formula is C26H24ClN3O3S. The highest BCUT2D eigenvalue weighted by molar-refractivity contribution is 7.98. The summed E-state index contributed by atoms with van der Waals surface area (Å²) in [4.78, 5) is 34.3. The van der Waals surface area contributed by atoms with Crippen molar-refractivity contribution in [3.8, 4) is 5.75 Å². The molecule has 2 aliphatic rings. The number of phenolic OH excluding ortho intramolecular Hbond substituents is 1. The molecular weight excluding hydrogens is 470 g/mol. The molecule has 0 radical (unpaired) electrons. The number of benzene rings is 2. The molecule has 0 amide bonds. The number of phenols is 1. The molecule has 0 spiro atoms. The van der Waals surface area contributed by atoms with Crippen LogP contribution in [-0.2, 0) is 10.5 Å². The molecule has 3 aromatic rings. The molecule has 2 heterocycles. The summed E-state index contributed by atoms with van der Waals surface area (Å²) in [5.74, 6) is 0.495. The molecule has 6 nitrogen and oxygen atoms in total. The molecule has 8 heteroatoms. The molecule has 1 aliphatic heterocycles. The number of aromatic hydroxyl groups is 1. The van der Waals surface area contributed by atoms with Gasteiger partial charge in [0.2, 0.25) is 0 Å². The zero-order valence-electron chi connectivity index (χ0n) is 18.8. The van der Waals surface area contributed by atoms with Crippen molar-refractivity contribution in [2.75, 3.05) is 5.32 Å². The highest BCUT2D eigenvalue weighted by Crippen LogP contribution is 2.48. The molecule has 1 aromatic heterocycles. The van der Waals surface area contributed by atoms with E-state index >= 15 is 0 Å². The SMILES string of the molecule is CC1(C)CC(=O)C2=C(C1)Nc1nc(SCc3ccccc3Cl)[nH]c(=O)c1[C@H]2c1cccc(O)c1. The summed E-state index contributed by atoms with van der Waals surface area (Å²) in [6.45, 7) is 4.12. The van der Waals surface area contributed by atoms with Gasteiger partial charge in [-0.2, -0.15) is 0 Å². The third-order valence-corrected chi connectivity index (χ3v) is 7.52. The molecule has 0 saturated carbocycles. The number of hydrogen-bond donors (Lipinski definition) is 3. The minimum atomic E-state index is -0.596. The maximum Gasteiger partial charge on any atom is 0.257 e. The Hall–Kier alpha value is -3.03. The van der Waals surface area contributed by atoms with E-state index in [1.165, 1.54) is 11.8 Å². The van der Waals surface area contributed by atoms with Crippen molar-refractivity contribution in [2.24, 2.45) is 5.41 Å². The number of carbonyl (C=O) groups excluding carboxylic acids is 1. The Morgan fingerprint density at radius 1 is 1.15 bits per heavy atom. The van der Waals surface area contributed by atoms with Crippen molar-refractivity contribution >= 4 is 35.0 Å². The van der Waals surface area contributed by atoms with Gasteiger partial charge in [-0.3, -0.25) is 9.59 Å². The fourth-order valence-corrected chi connectivity index (χ4v) is 5.91. The lowest BCUT2D eigenvalue weighted by atomic mass is 9.69. The lowest BCUT2D eigenvalue weighted by Gasteiger charge is -2.38. The van der Waals surface area contributed by atoms with E-state index in [9.17, 15) is 14.7 Å². The second-order valence-corrected chi connectivity index (χ2v) is 10.9. The highest BCUT2D eigenvalue weighted by atomic mass is 35.5. The highest BCUT2D eigenvalue weighted by Gasteiger charge is 2.42. The molecule has 0 saturated heterocycles. The minimum Gasteiger partial charge on any atom is -0.508 e. The maximum absolute atomic E-state index is 13.4. The molecule has 3 N–H and O–H groups in total. The van der Waals surface area contributed by atoms with Crippen LogP contribution in [0.25, 0.3) is 0 Å². The van der Waals surface area contributed by atoms with E-state index in [-0.39, 0.29) is 22.5 Å². The third-order valence-electron chi connectivity index (χ3n) is 6.23. The monoisotopic (exact) mass is 493 g/mol. The number of H-pyrrole nitrogens is 1. The van der Waals surface area contributed by atoms with E-state index in [0.717, 1.165) is 11.3 Å². The molecule has 5 rings (SSSR count). The normalized spacial score (nSPS) is 18.8. The van der Waals surface area contributed by atoms with Crippen LogP contribution in [0.4, 0.5) is 5.82 Å². The number of nitrogens with one attached hydrogen (secondary N) is 2. The van der Waals surface area contributed by atoms with Gasteiger partial charge in [0, 0.05) is 34.4 Å². The van der Waals surface area contributed by atoms with Crippen molar-refractivity contribution in [2.45, 2.75) is 43.5 Å². The van der Waals surface area contributed by atoms with Gasteiger partial charge in [0.1, 0.15) is 11.6 Å². The molecule has 1 aliphatic carbocycles. The van der Waals surface area contributed by atoms with Gasteiger partial charge < -0.3 is 15.4 Å². The number of rotatable bonds is 4. The molecule has 2 aromatic carbocycles. The van der Waals surface area contributed by atoms with E-state index in [1.54, 1.807) is 18.2 Å². The number of aromatic nitrogens is 2. The zero-order chi connectivity index (χ0) is 24.0. The topological polar surface area (TPSA) is 95.1 Å². The van der Waals surface area contributed by atoms with Crippen molar-refractivity contribution < 1.29 is 9.90 Å². The standard InChI is InChI=1S/C26H24ClN3O3S/c1-26(2)11-18-21(19(32)12-26)20(14-7-5-8-16(31)10-14)22-23(28-18)29-25(30-24(22)33)34-13-15-6-3-4-9-17(15)27/h3-10,20,31H,11-13H2,1-2H3,(H2,28,29,30,33)/t20-/m0/s1. The summed E-state index contributed by atoms with van der Waals surface area (Å²) >= 11 is 7.67. The number of nitrogens with zero attached hydrogens (tertiary/aromatic N) is 1. The molecule has 0 fully saturated rings. The van der Waals surface area contributed by atoms with Gasteiger partial charge in [0.25, 0.3) is 5.56 Å². The van der Waals surface area contributed by atoms with Gasteiger partial charge in [-0.1, -0.05) is 67.5 Å². The number of carbonyl (C=O) groups is 1. The van der Waals surface area contributed by atoms with E-state index in [0.29, 0.717) is 51.3 Å². The van der Waals surface area contributed by atoms with Gasteiger partial charge in [0.15, 0.2) is 10.9 Å². The number of aromatic amines is 1. The van der Waals surface area contributed by atoms with Crippen molar-refractivity contribution in [3.63, 3.8) is 0 Å². The lowest BCUT2D eigenvalue weighted by molar-refractivity contribution is -0.118. The van der Waals surface area contributed by atoms with E-state index in [2.05, 4.69) is 24.1 Å². The van der Waals surface area contributed by atoms with Gasteiger partial charge in [-0.25, -0.2) is 4.98 Å². The summed E-state index contributed by atoms with van der Waals surface area (Å²) < 4.78 is 0. The van der Waals surface area contributed by atoms with Gasteiger partial charge in [-0.05, 0) is 41.2 Å². The summed E-state index contributed by atoms with van der Waals surface area (Å²) in [5.41, 5.74) is 2.89. The number of allylic oxidation sites excluding steroid dienone is 2. The minimum absolute atomic E-state index is 0.00862. The van der Waals surface area contributed by atoms with Crippen LogP contribution in [0.1, 0.15) is 49.3 Å². The second kappa shape index (κ2) is 8.64. The van der Waals surface area contributed by atoms with Crippen LogP contribution in [0.2, 0.25) is 5.02 Å². The van der Waals surface area contributed by atoms with Gasteiger partial charge in [-0.15, -0.1) is 0 Å². The lowest BCUT2D eigenvalue weighted by Crippen LogP contribution is -2.37. The van der Waals surface area contributed by atoms with Crippen LogP contribution in [-0.4, -0.2) is 20.9 Å². The number of Topliss-reactive ketones (excluding diaryl/α,β-unsaturated/α-hetero) is 1. The quantitative estimate of drug-likeness (QED) is 0.322. The largest absolute Gasteiger partial charge is 0.508 e. The van der Waals surface area contributed by atoms with E-state index in [4.69, 9.17) is 16.6 Å².